The van der Waals surface area contributed by atoms with Crippen LogP contribution in [0.25, 0.3) is 0 Å². The molecule has 0 saturated heterocycles. The predicted molar refractivity (Wildman–Crippen MR) is 90.8 cm³/mol. The zero-order valence-corrected chi connectivity index (χ0v) is 14.2. The minimum Gasteiger partial charge on any atom is -0.469 e. The van der Waals surface area contributed by atoms with Crippen LogP contribution in [0.5, 0.6) is 0 Å². The minimum atomic E-state index is -0.475. The first kappa shape index (κ1) is 17.7. The lowest BCUT2D eigenvalue weighted by molar-refractivity contribution is -0.384. The Hall–Kier alpha value is -2.67. The molecule has 2 aromatic rings. The number of aryl methyl sites for hydroxylation is 2. The van der Waals surface area contributed by atoms with E-state index < -0.39 is 10.9 Å². The van der Waals surface area contributed by atoms with E-state index in [-0.39, 0.29) is 17.9 Å². The Kier molecular flexibility index (Phi) is 5.35. The molecule has 0 aliphatic carbocycles. The van der Waals surface area contributed by atoms with E-state index >= 15 is 0 Å². The number of carbonyl (C=O) groups is 1. The topological polar surface area (TPSA) is 94.4 Å². The lowest BCUT2D eigenvalue weighted by Gasteiger charge is -2.11. The number of hydrogen-bond donors (Lipinski definition) is 1. The minimum absolute atomic E-state index is 0.0531. The average Bonchev–Trinajstić information content (AvgIpc) is 2.48. The van der Waals surface area contributed by atoms with Crippen molar-refractivity contribution in [3.63, 3.8) is 0 Å². The zero-order valence-electron chi connectivity index (χ0n) is 13.4. The Balaban J connectivity index is 2.34. The number of nitrogens with one attached hydrogen (secondary N) is 1. The molecule has 0 unspecified atom stereocenters. The number of benzene rings is 1. The summed E-state index contributed by atoms with van der Waals surface area (Å²) in [7, 11) is 1.30. The van der Waals surface area contributed by atoms with Crippen LogP contribution in [0.4, 0.5) is 17.2 Å². The molecule has 0 radical (unpaired) electrons. The third kappa shape index (κ3) is 3.99. The summed E-state index contributed by atoms with van der Waals surface area (Å²) in [6.45, 7) is 3.42. The van der Waals surface area contributed by atoms with E-state index in [0.29, 0.717) is 27.5 Å². The Morgan fingerprint density at radius 3 is 2.67 bits per heavy atom. The van der Waals surface area contributed by atoms with E-state index in [2.05, 4.69) is 15.0 Å². The maximum atomic E-state index is 11.3. The largest absolute Gasteiger partial charge is 0.469 e. The number of methoxy groups -OCH3 is 1. The molecular weight excluding hydrogens is 334 g/mol. The molecule has 0 amide bonds. The van der Waals surface area contributed by atoms with Crippen LogP contribution in [0.15, 0.2) is 24.3 Å². The van der Waals surface area contributed by atoms with Gasteiger partial charge in [0.05, 0.1) is 18.5 Å². The Morgan fingerprint density at radius 1 is 1.38 bits per heavy atom. The number of carbonyl (C=O) groups excluding carboxylic acids is 1. The molecule has 24 heavy (non-hydrogen) atoms. The van der Waals surface area contributed by atoms with Crippen LogP contribution >= 0.6 is 11.6 Å². The lowest BCUT2D eigenvalue weighted by atomic mass is 10.1. The molecule has 0 aliphatic rings. The molecule has 7 nitrogen and oxygen atoms in total. The third-order valence-corrected chi connectivity index (χ3v) is 3.72. The van der Waals surface area contributed by atoms with Gasteiger partial charge in [-0.15, -0.1) is 0 Å². The summed E-state index contributed by atoms with van der Waals surface area (Å²) >= 11 is 6.16. The van der Waals surface area contributed by atoms with Crippen molar-refractivity contribution in [3.05, 3.63) is 56.2 Å². The van der Waals surface area contributed by atoms with E-state index in [0.717, 1.165) is 0 Å². The highest BCUT2D eigenvalue weighted by Gasteiger charge is 2.20. The van der Waals surface area contributed by atoms with Crippen LogP contribution in [0.2, 0.25) is 5.02 Å². The van der Waals surface area contributed by atoms with Crippen molar-refractivity contribution in [2.45, 2.75) is 20.3 Å². The van der Waals surface area contributed by atoms with Crippen LogP contribution < -0.4 is 5.32 Å². The number of esters is 1. The van der Waals surface area contributed by atoms with E-state index in [1.807, 2.05) is 0 Å². The molecule has 1 aromatic heterocycles. The molecule has 1 heterocycles. The maximum Gasteiger partial charge on any atom is 0.314 e. The van der Waals surface area contributed by atoms with E-state index in [1.165, 1.54) is 7.11 Å². The average molecular weight is 350 g/mol. The van der Waals surface area contributed by atoms with Gasteiger partial charge in [-0.25, -0.2) is 4.98 Å². The molecular formula is C16H16ClN3O4. The van der Waals surface area contributed by atoms with Gasteiger partial charge in [0.1, 0.15) is 0 Å². The van der Waals surface area contributed by atoms with Gasteiger partial charge in [-0.2, -0.15) is 0 Å². The highest BCUT2D eigenvalue weighted by Crippen LogP contribution is 2.31. The standard InChI is InChI=1S/C16H16ClN3O4/c1-9-6-10(2)18-16(15(9)20(22)23)19-12-5-4-11(13(17)8-12)7-14(21)24-3/h4-6,8H,7H2,1-3H3,(H,18,19). The first-order valence-corrected chi connectivity index (χ1v) is 7.44. The lowest BCUT2D eigenvalue weighted by Crippen LogP contribution is -2.06. The number of rotatable bonds is 5. The van der Waals surface area contributed by atoms with Crippen molar-refractivity contribution < 1.29 is 14.5 Å². The van der Waals surface area contributed by atoms with Gasteiger partial charge in [-0.05, 0) is 37.6 Å². The monoisotopic (exact) mass is 349 g/mol. The fraction of sp³-hybridized carbons (Fsp3) is 0.250. The number of pyridine rings is 1. The third-order valence-electron chi connectivity index (χ3n) is 3.37. The molecule has 0 fully saturated rings. The van der Waals surface area contributed by atoms with Crippen LogP contribution in [-0.4, -0.2) is 23.0 Å². The van der Waals surface area contributed by atoms with Gasteiger partial charge in [-0.3, -0.25) is 14.9 Å². The predicted octanol–water partition coefficient (Wildman–Crippen LogP) is 3.72. The first-order chi connectivity index (χ1) is 11.3. The Morgan fingerprint density at radius 2 is 2.08 bits per heavy atom. The molecule has 0 bridgehead atoms. The molecule has 0 spiro atoms. The fourth-order valence-electron chi connectivity index (χ4n) is 2.28. The van der Waals surface area contributed by atoms with Crippen molar-refractivity contribution >= 4 is 34.8 Å². The quantitative estimate of drug-likeness (QED) is 0.502. The molecule has 126 valence electrons. The van der Waals surface area contributed by atoms with Gasteiger partial charge in [-0.1, -0.05) is 17.7 Å². The van der Waals surface area contributed by atoms with E-state index in [1.54, 1.807) is 38.1 Å². The van der Waals surface area contributed by atoms with Crippen LogP contribution in [0, 0.1) is 24.0 Å². The highest BCUT2D eigenvalue weighted by atomic mass is 35.5. The van der Waals surface area contributed by atoms with Crippen molar-refractivity contribution in [2.75, 3.05) is 12.4 Å². The summed E-state index contributed by atoms with van der Waals surface area (Å²) in [5, 5.41) is 14.5. The molecule has 0 aliphatic heterocycles. The second kappa shape index (κ2) is 7.27. The molecule has 0 atom stereocenters. The summed E-state index contributed by atoms with van der Waals surface area (Å²) in [6.07, 6.45) is 0.0531. The van der Waals surface area contributed by atoms with Crippen molar-refractivity contribution in [1.82, 2.24) is 4.98 Å². The Bertz CT molecular complexity index is 808. The number of nitrogens with zero attached hydrogens (tertiary/aromatic N) is 2. The molecule has 1 N–H and O–H groups in total. The van der Waals surface area contributed by atoms with Crippen LogP contribution in [-0.2, 0) is 16.0 Å². The number of hydrogen-bond acceptors (Lipinski definition) is 6. The molecule has 2 rings (SSSR count). The van der Waals surface area contributed by atoms with Gasteiger partial charge in [0, 0.05) is 22.0 Å². The van der Waals surface area contributed by atoms with Crippen LogP contribution in [0.3, 0.4) is 0 Å². The van der Waals surface area contributed by atoms with Gasteiger partial charge in [0.15, 0.2) is 0 Å². The van der Waals surface area contributed by atoms with E-state index in [9.17, 15) is 14.9 Å². The van der Waals surface area contributed by atoms with Gasteiger partial charge in [0.25, 0.3) is 0 Å². The summed E-state index contributed by atoms with van der Waals surface area (Å²) in [6, 6.07) is 6.57. The zero-order chi connectivity index (χ0) is 17.9. The van der Waals surface area contributed by atoms with Crippen LogP contribution in [0.1, 0.15) is 16.8 Å². The summed E-state index contributed by atoms with van der Waals surface area (Å²) in [4.78, 5) is 26.3. The number of nitro groups is 1. The van der Waals surface area contributed by atoms with E-state index in [4.69, 9.17) is 11.6 Å². The second-order valence-electron chi connectivity index (χ2n) is 5.22. The second-order valence-corrected chi connectivity index (χ2v) is 5.63. The summed E-state index contributed by atoms with van der Waals surface area (Å²) < 4.78 is 4.61. The molecule has 8 heteroatoms. The number of ether oxygens (including phenoxy) is 1. The first-order valence-electron chi connectivity index (χ1n) is 7.06. The highest BCUT2D eigenvalue weighted by molar-refractivity contribution is 6.31. The van der Waals surface area contributed by atoms with Gasteiger partial charge >= 0.3 is 11.7 Å². The Labute approximate surface area is 143 Å². The number of anilines is 2. The van der Waals surface area contributed by atoms with Gasteiger partial charge < -0.3 is 10.1 Å². The van der Waals surface area contributed by atoms with Crippen molar-refractivity contribution in [1.29, 1.82) is 0 Å². The number of aromatic nitrogens is 1. The molecule has 0 saturated carbocycles. The van der Waals surface area contributed by atoms with Gasteiger partial charge in [0.2, 0.25) is 5.82 Å². The summed E-state index contributed by atoms with van der Waals surface area (Å²) in [5.41, 5.74) is 2.24. The van der Waals surface area contributed by atoms with Crippen molar-refractivity contribution in [2.24, 2.45) is 0 Å². The summed E-state index contributed by atoms with van der Waals surface area (Å²) in [5.74, 6) is -0.251. The smallest absolute Gasteiger partial charge is 0.314 e. The normalized spacial score (nSPS) is 10.3. The van der Waals surface area contributed by atoms with Crippen molar-refractivity contribution in [3.8, 4) is 0 Å². The SMILES string of the molecule is COC(=O)Cc1ccc(Nc2nc(C)cc(C)c2[N+](=O)[O-])cc1Cl. The number of halogens is 1. The fourth-order valence-corrected chi connectivity index (χ4v) is 2.53. The molecule has 1 aromatic carbocycles. The maximum absolute atomic E-state index is 11.3.